The second-order valence-electron chi connectivity index (χ2n) is 0.305. The van der Waals surface area contributed by atoms with Gasteiger partial charge in [-0.3, -0.25) is 0 Å². The second-order valence-corrected chi connectivity index (χ2v) is 0.916. The average Bonchev–Trinajstić information content (AvgIpc) is 1.38. The number of halogens is 1. The van der Waals surface area contributed by atoms with Crippen molar-refractivity contribution in [2.24, 2.45) is 0 Å². The van der Waals surface area contributed by atoms with Crippen LogP contribution in [0, 0.1) is 0 Å². The Morgan fingerprint density at radius 3 is 0.727 bits per heavy atom. The van der Waals surface area contributed by atoms with Crippen LogP contribution < -0.4 is 98.2 Å². The molecule has 0 aliphatic heterocycles. The van der Waals surface area contributed by atoms with E-state index in [1.54, 1.807) is 0 Å². The zero-order valence-electron chi connectivity index (χ0n) is 5.50. The maximum absolute atomic E-state index is 8.93. The molecule has 1 atom stereocenters. The topological polar surface area (TPSA) is 69.6 Å². The molecule has 0 saturated carbocycles. The van der Waals surface area contributed by atoms with Crippen LogP contribution in [0.3, 0.4) is 0 Å². The minimum Gasteiger partial charge on any atom is -1.00 e. The summed E-state index contributed by atoms with van der Waals surface area (Å²) < 4.78 is 11.6. The van der Waals surface area contributed by atoms with Crippen LogP contribution in [0.25, 0.3) is 0 Å². The van der Waals surface area contributed by atoms with E-state index < -0.39 is 8.25 Å². The van der Waals surface area contributed by atoms with Crippen molar-refractivity contribution in [2.45, 2.75) is 104 Å². The smallest absolute Gasteiger partial charge is 1.00 e. The zero-order chi connectivity index (χ0) is 4.28. The Labute approximate surface area is 223 Å². The minimum atomic E-state index is -3.04. The van der Waals surface area contributed by atoms with E-state index in [9.17, 15) is 0 Å². The molecule has 4 nitrogen and oxygen atoms in total. The van der Waals surface area contributed by atoms with E-state index in [1.807, 2.05) is 0 Å². The molecule has 0 aromatic rings. The third-order valence-electron chi connectivity index (χ3n) is 0.0667. The summed E-state index contributed by atoms with van der Waals surface area (Å²) in [6.45, 7) is 0. The predicted octanol–water partition coefficient (Wildman–Crippen LogP) is -0.476. The maximum Gasteiger partial charge on any atom is 1.00 e. The quantitative estimate of drug-likeness (QED) is 0.270. The first kappa shape index (κ1) is 298. The Hall–Kier alpha value is 2.91. The molecular formula is C14H58ClKNaO4P. The van der Waals surface area contributed by atoms with Gasteiger partial charge in [-0.05, 0) is 4.57 Å². The molecule has 0 aliphatic rings. The van der Waals surface area contributed by atoms with Gasteiger partial charge in [0, 0.05) is 4.67 Å². The Morgan fingerprint density at radius 2 is 0.727 bits per heavy atom. The zero-order valence-corrected chi connectivity index (χ0v) is 11.3. The van der Waals surface area contributed by atoms with Crippen LogP contribution >= 0.6 is 8.25 Å². The van der Waals surface area contributed by atoms with Gasteiger partial charge in [0.05, 0.1) is 0 Å². The Morgan fingerprint density at radius 1 is 0.682 bits per heavy atom. The van der Waals surface area contributed by atoms with Gasteiger partial charge in [0.25, 0.3) is 0 Å². The molecule has 0 fully saturated rings. The van der Waals surface area contributed by atoms with Crippen LogP contribution in [-0.2, 0) is 9.24 Å². The molecule has 22 heavy (non-hydrogen) atoms. The van der Waals surface area contributed by atoms with E-state index in [1.165, 1.54) is 0 Å². The fourth-order valence-electron chi connectivity index (χ4n) is 0. The molecule has 0 spiro atoms. The van der Waals surface area contributed by atoms with E-state index in [2.05, 4.69) is 4.67 Å². The van der Waals surface area contributed by atoms with Crippen molar-refractivity contribution in [1.82, 2.24) is 0 Å². The van der Waals surface area contributed by atoms with E-state index in [4.69, 9.17) is 14.7 Å². The maximum atomic E-state index is 8.93. The molecular weight excluding hydrogens is 361 g/mol. The van der Waals surface area contributed by atoms with Gasteiger partial charge in [-0.25, -0.2) is 5.26 Å². The summed E-state index contributed by atoms with van der Waals surface area (Å²) in [5, 5.41) is 7.05. The van der Waals surface area contributed by atoms with Gasteiger partial charge >= 0.3 is 89.2 Å². The molecule has 0 bridgehead atoms. The average molecular weight is 419 g/mol. The van der Waals surface area contributed by atoms with Crippen LogP contribution in [0.2, 0.25) is 0 Å². The molecule has 0 rings (SSSR count). The fraction of sp³-hybridized carbons (Fsp3) is 1.00. The Bertz CT molecular complexity index is 78.0. The fourth-order valence-corrected chi connectivity index (χ4v) is 0. The van der Waals surface area contributed by atoms with E-state index in [0.717, 1.165) is 0 Å². The molecule has 0 heterocycles. The molecule has 0 aromatic heterocycles. The summed E-state index contributed by atoms with van der Waals surface area (Å²) in [6, 6.07) is 0. The van der Waals surface area contributed by atoms with Crippen LogP contribution in [0.1, 0.15) is 105 Å². The monoisotopic (exact) mass is 418 g/mol. The van der Waals surface area contributed by atoms with Crippen molar-refractivity contribution in [3.63, 3.8) is 0 Å². The summed E-state index contributed by atoms with van der Waals surface area (Å²) in [7, 11) is -3.04. The van der Waals surface area contributed by atoms with Gasteiger partial charge in [-0.15, -0.1) is 0 Å². The minimum absolute atomic E-state index is 0. The van der Waals surface area contributed by atoms with Crippen molar-refractivity contribution in [1.29, 1.82) is 0 Å². The molecule has 152 valence electrons. The van der Waals surface area contributed by atoms with Gasteiger partial charge < -0.3 is 18.7 Å². The predicted molar refractivity (Wildman–Crippen MR) is 107 cm³/mol. The summed E-state index contributed by atoms with van der Waals surface area (Å²) in [5.74, 6) is 0. The van der Waals surface area contributed by atoms with Crippen LogP contribution in [0.4, 0.5) is 0 Å². The summed E-state index contributed by atoms with van der Waals surface area (Å²) in [5.41, 5.74) is 0. The molecule has 8 heteroatoms. The van der Waals surface area contributed by atoms with Gasteiger partial charge in [0.2, 0.25) is 0 Å². The van der Waals surface area contributed by atoms with E-state index in [0.29, 0.717) is 0 Å². The van der Waals surface area contributed by atoms with Crippen molar-refractivity contribution >= 4 is 8.25 Å². The Balaban J connectivity index is -0.000000000523. The first-order valence-electron chi connectivity index (χ1n) is 0.730. The standard InChI is InChI=1S/14CH4.ClH.K.Na.HO4P.H/c;;;;;;;;;;;;;;;;;1-4-5(2)3;/h14*1H4;1H;;;1H;/q;;;;;;;;;;;;;;;2*+1;;-1/p-1. The van der Waals surface area contributed by atoms with Gasteiger partial charge in [0.1, 0.15) is 0 Å². The largest absolute Gasteiger partial charge is 1.00 e. The molecule has 0 amide bonds. The van der Waals surface area contributed by atoms with Crippen molar-refractivity contribution in [3.8, 4) is 0 Å². The van der Waals surface area contributed by atoms with Gasteiger partial charge in [-0.2, -0.15) is 0 Å². The molecule has 1 N–H and O–H groups in total. The second kappa shape index (κ2) is 263. The molecule has 0 aromatic carbocycles. The Kier molecular flexibility index (Phi) is 3570. The van der Waals surface area contributed by atoms with E-state index in [-0.39, 0.29) is 199 Å². The third-order valence-corrected chi connectivity index (χ3v) is 0.200. The normalized spacial score (nSPS) is 2.55. The van der Waals surface area contributed by atoms with Crippen LogP contribution in [-0.4, -0.2) is 5.26 Å². The molecule has 0 radical (unpaired) electrons. The first-order chi connectivity index (χ1) is 2.27. The van der Waals surface area contributed by atoms with E-state index >= 15 is 0 Å². The third kappa shape index (κ3) is 457. The molecule has 0 saturated heterocycles. The summed E-state index contributed by atoms with van der Waals surface area (Å²) >= 11 is 0. The molecule has 1 unspecified atom stereocenters. The number of hydrogen-bond acceptors (Lipinski definition) is 4. The van der Waals surface area contributed by atoms with Crippen LogP contribution in [0.15, 0.2) is 0 Å². The SMILES string of the molecule is C.C.C.C.C.C.C.C.C.C.C.C.C.C.O=[P+]([O-])OO.[Cl-].[H-].[K+].[Na+]. The van der Waals surface area contributed by atoms with Gasteiger partial charge in [0.15, 0.2) is 0 Å². The number of rotatable bonds is 1. The summed E-state index contributed by atoms with van der Waals surface area (Å²) in [6.07, 6.45) is 0. The van der Waals surface area contributed by atoms with Crippen molar-refractivity contribution < 1.29 is 114 Å². The number of hydrogen-bond donors (Lipinski definition) is 1. The van der Waals surface area contributed by atoms with Crippen molar-refractivity contribution in [3.05, 3.63) is 0 Å². The van der Waals surface area contributed by atoms with Crippen LogP contribution in [0.5, 0.6) is 0 Å². The van der Waals surface area contributed by atoms with Crippen molar-refractivity contribution in [2.75, 3.05) is 0 Å². The summed E-state index contributed by atoms with van der Waals surface area (Å²) in [4.78, 5) is 8.93. The first-order valence-corrected chi connectivity index (χ1v) is 1.83. The molecule has 0 aliphatic carbocycles. The van der Waals surface area contributed by atoms with Gasteiger partial charge in [-0.1, -0.05) is 104 Å².